The molecule has 0 aliphatic heterocycles. The van der Waals surface area contributed by atoms with Crippen LogP contribution in [0.15, 0.2) is 42.5 Å². The molecule has 4 nitrogen and oxygen atoms in total. The lowest BCUT2D eigenvalue weighted by atomic mass is 10.1. The molecule has 2 aromatic rings. The lowest BCUT2D eigenvalue weighted by Gasteiger charge is -2.09. The summed E-state index contributed by atoms with van der Waals surface area (Å²) in [5.41, 5.74) is 1.55. The molecule has 0 aromatic heterocycles. The number of rotatable bonds is 8. The number of ether oxygens (including phenoxy) is 1. The van der Waals surface area contributed by atoms with E-state index in [1.165, 1.54) is 17.7 Å². The van der Waals surface area contributed by atoms with Crippen LogP contribution in [0.3, 0.4) is 0 Å². The molecule has 0 saturated heterocycles. The summed E-state index contributed by atoms with van der Waals surface area (Å²) >= 11 is 17.7. The quantitative estimate of drug-likeness (QED) is 0.350. The summed E-state index contributed by atoms with van der Waals surface area (Å²) < 4.78 is 5.14. The highest BCUT2D eigenvalue weighted by Crippen LogP contribution is 2.32. The van der Waals surface area contributed by atoms with Gasteiger partial charge in [-0.15, -0.1) is 0 Å². The molecular weight excluding hydrogens is 397 g/mol. The molecule has 0 spiro atoms. The third-order valence-electron chi connectivity index (χ3n) is 3.56. The highest BCUT2D eigenvalue weighted by atomic mass is 35.5. The highest BCUT2D eigenvalue weighted by molar-refractivity contribution is 6.44. The third kappa shape index (κ3) is 6.87. The minimum absolute atomic E-state index is 0.00386. The number of hydrogen-bond acceptors (Lipinski definition) is 3. The van der Waals surface area contributed by atoms with E-state index in [1.54, 1.807) is 0 Å². The first-order valence-electron chi connectivity index (χ1n) is 8.09. The van der Waals surface area contributed by atoms with E-state index in [2.05, 4.69) is 5.32 Å². The van der Waals surface area contributed by atoms with E-state index in [0.717, 1.165) is 12.8 Å². The number of aryl methyl sites for hydroxylation is 1. The second kappa shape index (κ2) is 10.4. The number of hydrogen-bond donors (Lipinski definition) is 1. The molecule has 0 unspecified atom stereocenters. The Morgan fingerprint density at radius 3 is 2.35 bits per heavy atom. The number of carbonyl (C=O) groups excluding carboxylic acids is 2. The normalized spacial score (nSPS) is 10.4. The van der Waals surface area contributed by atoms with Gasteiger partial charge >= 0.3 is 5.97 Å². The summed E-state index contributed by atoms with van der Waals surface area (Å²) in [6.07, 6.45) is 1.56. The molecule has 0 atom stereocenters. The summed E-state index contributed by atoms with van der Waals surface area (Å²) in [5, 5.41) is 3.46. The summed E-state index contributed by atoms with van der Waals surface area (Å²) in [6, 6.07) is 12.9. The molecule has 0 aliphatic carbocycles. The van der Waals surface area contributed by atoms with Gasteiger partial charge in [-0.2, -0.15) is 0 Å². The Bertz CT molecular complexity index is 766. The standard InChI is InChI=1S/C19H18Cl3NO3/c20-14-11-16(22)17(12-15(14)21)23-18(24)8-9-19(25)26-10-4-7-13-5-2-1-3-6-13/h1-3,5-6,11-12H,4,7-10H2,(H,23,24). The zero-order valence-electron chi connectivity index (χ0n) is 13.9. The van der Waals surface area contributed by atoms with E-state index in [4.69, 9.17) is 39.5 Å². The van der Waals surface area contributed by atoms with Crippen LogP contribution >= 0.6 is 34.8 Å². The minimum Gasteiger partial charge on any atom is -0.466 e. The number of anilines is 1. The Morgan fingerprint density at radius 1 is 0.923 bits per heavy atom. The zero-order valence-corrected chi connectivity index (χ0v) is 16.2. The van der Waals surface area contributed by atoms with Gasteiger partial charge in [-0.1, -0.05) is 65.1 Å². The number of benzene rings is 2. The molecule has 0 fully saturated rings. The van der Waals surface area contributed by atoms with Gasteiger partial charge in [-0.25, -0.2) is 0 Å². The maximum Gasteiger partial charge on any atom is 0.306 e. The van der Waals surface area contributed by atoms with Gasteiger partial charge in [0.2, 0.25) is 5.91 Å². The molecule has 26 heavy (non-hydrogen) atoms. The second-order valence-corrected chi connectivity index (χ2v) is 6.83. The largest absolute Gasteiger partial charge is 0.466 e. The number of amides is 1. The van der Waals surface area contributed by atoms with E-state index in [9.17, 15) is 9.59 Å². The van der Waals surface area contributed by atoms with Crippen LogP contribution in [0.2, 0.25) is 15.1 Å². The van der Waals surface area contributed by atoms with Crippen molar-refractivity contribution in [1.29, 1.82) is 0 Å². The first-order chi connectivity index (χ1) is 12.5. The maximum absolute atomic E-state index is 11.9. The van der Waals surface area contributed by atoms with Crippen LogP contribution in [0.4, 0.5) is 5.69 Å². The van der Waals surface area contributed by atoms with Crippen LogP contribution in [0, 0.1) is 0 Å². The minimum atomic E-state index is -0.409. The van der Waals surface area contributed by atoms with Crippen molar-refractivity contribution in [1.82, 2.24) is 0 Å². The molecule has 0 saturated carbocycles. The van der Waals surface area contributed by atoms with Crippen molar-refractivity contribution in [3.8, 4) is 0 Å². The van der Waals surface area contributed by atoms with Gasteiger partial charge in [0.1, 0.15) is 0 Å². The molecule has 0 bridgehead atoms. The Balaban J connectivity index is 1.67. The first-order valence-corrected chi connectivity index (χ1v) is 9.23. The van der Waals surface area contributed by atoms with Gasteiger partial charge in [-0.3, -0.25) is 9.59 Å². The van der Waals surface area contributed by atoms with Crippen molar-refractivity contribution in [2.75, 3.05) is 11.9 Å². The van der Waals surface area contributed by atoms with Crippen LogP contribution in [-0.2, 0) is 20.7 Å². The second-order valence-electron chi connectivity index (χ2n) is 5.60. The van der Waals surface area contributed by atoms with Crippen LogP contribution in [-0.4, -0.2) is 18.5 Å². The fourth-order valence-corrected chi connectivity index (χ4v) is 2.82. The van der Waals surface area contributed by atoms with E-state index in [1.807, 2.05) is 30.3 Å². The van der Waals surface area contributed by atoms with Crippen LogP contribution in [0.5, 0.6) is 0 Å². The summed E-state index contributed by atoms with van der Waals surface area (Å²) in [7, 11) is 0. The fraction of sp³-hybridized carbons (Fsp3) is 0.263. The summed E-state index contributed by atoms with van der Waals surface area (Å²) in [5.74, 6) is -0.764. The molecule has 7 heteroatoms. The lowest BCUT2D eigenvalue weighted by molar-refractivity contribution is -0.144. The average Bonchev–Trinajstić information content (AvgIpc) is 2.62. The van der Waals surface area contributed by atoms with E-state index in [0.29, 0.717) is 17.3 Å². The van der Waals surface area contributed by atoms with Crippen LogP contribution in [0.25, 0.3) is 0 Å². The number of esters is 1. The SMILES string of the molecule is O=C(CCC(=O)OCCCc1ccccc1)Nc1cc(Cl)c(Cl)cc1Cl. The molecule has 0 aliphatic rings. The molecule has 1 amide bonds. The van der Waals surface area contributed by atoms with Gasteiger partial charge in [-0.05, 0) is 30.5 Å². The monoisotopic (exact) mass is 413 g/mol. The fourth-order valence-electron chi connectivity index (χ4n) is 2.23. The molecular formula is C19H18Cl3NO3. The van der Waals surface area contributed by atoms with Crippen molar-refractivity contribution in [3.63, 3.8) is 0 Å². The number of halogens is 3. The zero-order chi connectivity index (χ0) is 18.9. The topological polar surface area (TPSA) is 55.4 Å². The van der Waals surface area contributed by atoms with Crippen molar-refractivity contribution < 1.29 is 14.3 Å². The van der Waals surface area contributed by atoms with E-state index >= 15 is 0 Å². The van der Waals surface area contributed by atoms with Gasteiger partial charge in [0.25, 0.3) is 0 Å². The molecule has 2 rings (SSSR count). The smallest absolute Gasteiger partial charge is 0.306 e. The predicted molar refractivity (Wildman–Crippen MR) is 105 cm³/mol. The van der Waals surface area contributed by atoms with Crippen molar-refractivity contribution >= 4 is 52.4 Å². The number of carbonyl (C=O) groups is 2. The Morgan fingerprint density at radius 2 is 1.62 bits per heavy atom. The molecule has 0 heterocycles. The molecule has 2 aromatic carbocycles. The third-order valence-corrected chi connectivity index (χ3v) is 4.59. The van der Waals surface area contributed by atoms with Crippen molar-refractivity contribution in [3.05, 3.63) is 63.1 Å². The summed E-state index contributed by atoms with van der Waals surface area (Å²) in [6.45, 7) is 0.327. The molecule has 0 radical (unpaired) electrons. The summed E-state index contributed by atoms with van der Waals surface area (Å²) in [4.78, 5) is 23.6. The lowest BCUT2D eigenvalue weighted by Crippen LogP contribution is -2.15. The maximum atomic E-state index is 11.9. The van der Waals surface area contributed by atoms with Gasteiger partial charge in [0.05, 0.1) is 33.8 Å². The van der Waals surface area contributed by atoms with Crippen LogP contribution in [0.1, 0.15) is 24.8 Å². The van der Waals surface area contributed by atoms with Gasteiger partial charge in [0.15, 0.2) is 0 Å². The number of nitrogens with one attached hydrogen (secondary N) is 1. The van der Waals surface area contributed by atoms with Crippen molar-refractivity contribution in [2.45, 2.75) is 25.7 Å². The Labute approximate surface area is 167 Å². The van der Waals surface area contributed by atoms with E-state index < -0.39 is 5.97 Å². The average molecular weight is 415 g/mol. The van der Waals surface area contributed by atoms with Crippen molar-refractivity contribution in [2.24, 2.45) is 0 Å². The van der Waals surface area contributed by atoms with E-state index in [-0.39, 0.29) is 28.8 Å². The van der Waals surface area contributed by atoms with Crippen LogP contribution < -0.4 is 5.32 Å². The Kier molecular flexibility index (Phi) is 8.23. The molecule has 1 N–H and O–H groups in total. The Hall–Kier alpha value is -1.75. The highest BCUT2D eigenvalue weighted by Gasteiger charge is 2.12. The molecule has 138 valence electrons. The predicted octanol–water partition coefficient (Wildman–Crippen LogP) is 5.54. The van der Waals surface area contributed by atoms with Gasteiger partial charge < -0.3 is 10.1 Å². The first kappa shape index (κ1) is 20.6. The van der Waals surface area contributed by atoms with Gasteiger partial charge in [0, 0.05) is 6.42 Å².